The lowest BCUT2D eigenvalue weighted by atomic mass is 10.1. The maximum atomic E-state index is 12.2. The average molecular weight is 277 g/mol. The second-order valence-electron chi connectivity index (χ2n) is 4.96. The zero-order valence-corrected chi connectivity index (χ0v) is 11.5. The first kappa shape index (κ1) is 14.5. The number of rotatable bonds is 4. The molecule has 5 nitrogen and oxygen atoms in total. The molecule has 1 N–H and O–H groups in total. The number of nitrogens with zero attached hydrogens (tertiary/aromatic N) is 1. The van der Waals surface area contributed by atoms with Gasteiger partial charge in [-0.05, 0) is 12.0 Å². The van der Waals surface area contributed by atoms with Crippen LogP contribution in [0.4, 0.5) is 0 Å². The second-order valence-corrected chi connectivity index (χ2v) is 4.96. The Bertz CT molecular complexity index is 474. The van der Waals surface area contributed by atoms with Crippen molar-refractivity contribution in [3.8, 4) is 0 Å². The van der Waals surface area contributed by atoms with Crippen molar-refractivity contribution in [1.29, 1.82) is 0 Å². The fraction of sp³-hybridized carbons (Fsp3) is 0.467. The summed E-state index contributed by atoms with van der Waals surface area (Å²) in [6.07, 6.45) is 0.550. The maximum absolute atomic E-state index is 12.2. The first-order valence-corrected chi connectivity index (χ1v) is 6.71. The van der Waals surface area contributed by atoms with Crippen LogP contribution in [0.2, 0.25) is 0 Å². The molecule has 0 aromatic heterocycles. The fourth-order valence-electron chi connectivity index (χ4n) is 2.49. The third-order valence-electron chi connectivity index (χ3n) is 3.54. The monoisotopic (exact) mass is 277 g/mol. The number of methoxy groups -OCH3 is 1. The van der Waals surface area contributed by atoms with Gasteiger partial charge in [0.1, 0.15) is 6.04 Å². The van der Waals surface area contributed by atoms with Gasteiger partial charge in [-0.25, -0.2) is 4.79 Å². The Morgan fingerprint density at radius 1 is 1.35 bits per heavy atom. The summed E-state index contributed by atoms with van der Waals surface area (Å²) in [5, 5.41) is 9.65. The van der Waals surface area contributed by atoms with E-state index < -0.39 is 18.1 Å². The fourth-order valence-corrected chi connectivity index (χ4v) is 2.49. The number of hydrogen-bond donors (Lipinski definition) is 1. The van der Waals surface area contributed by atoms with E-state index in [9.17, 15) is 14.7 Å². The van der Waals surface area contributed by atoms with Crippen molar-refractivity contribution in [2.45, 2.75) is 31.4 Å². The molecule has 1 aliphatic heterocycles. The van der Waals surface area contributed by atoms with Gasteiger partial charge in [0.25, 0.3) is 0 Å². The zero-order valence-electron chi connectivity index (χ0n) is 11.5. The number of ether oxygens (including phenoxy) is 1. The lowest BCUT2D eigenvalue weighted by Crippen LogP contribution is -2.41. The summed E-state index contributed by atoms with van der Waals surface area (Å²) in [6, 6.07) is 9.05. The highest BCUT2D eigenvalue weighted by Crippen LogP contribution is 2.20. The van der Waals surface area contributed by atoms with E-state index in [-0.39, 0.29) is 18.9 Å². The van der Waals surface area contributed by atoms with Gasteiger partial charge in [-0.2, -0.15) is 0 Å². The van der Waals surface area contributed by atoms with E-state index in [2.05, 4.69) is 4.74 Å². The molecule has 5 heteroatoms. The van der Waals surface area contributed by atoms with Crippen LogP contribution in [0.25, 0.3) is 0 Å². The van der Waals surface area contributed by atoms with E-state index in [1.54, 1.807) is 0 Å². The van der Waals surface area contributed by atoms with Crippen LogP contribution in [-0.2, 0) is 20.7 Å². The molecule has 1 heterocycles. The van der Waals surface area contributed by atoms with E-state index in [0.717, 1.165) is 5.56 Å². The third-order valence-corrected chi connectivity index (χ3v) is 3.54. The minimum atomic E-state index is -0.654. The van der Waals surface area contributed by atoms with Crippen LogP contribution in [-0.4, -0.2) is 47.7 Å². The van der Waals surface area contributed by atoms with Gasteiger partial charge in [0.15, 0.2) is 0 Å². The van der Waals surface area contributed by atoms with E-state index in [4.69, 9.17) is 0 Å². The van der Waals surface area contributed by atoms with E-state index in [1.165, 1.54) is 12.0 Å². The number of amides is 1. The Morgan fingerprint density at radius 2 is 2.05 bits per heavy atom. The number of aliphatic hydroxyl groups is 1. The molecule has 1 amide bonds. The Labute approximate surface area is 118 Å². The molecule has 0 spiro atoms. The van der Waals surface area contributed by atoms with Crippen LogP contribution in [0.15, 0.2) is 30.3 Å². The molecule has 108 valence electrons. The van der Waals surface area contributed by atoms with Crippen molar-refractivity contribution in [3.63, 3.8) is 0 Å². The van der Waals surface area contributed by atoms with Crippen LogP contribution >= 0.6 is 0 Å². The van der Waals surface area contributed by atoms with Crippen LogP contribution < -0.4 is 0 Å². The Kier molecular flexibility index (Phi) is 4.74. The largest absolute Gasteiger partial charge is 0.467 e. The predicted octanol–water partition coefficient (Wildman–Crippen LogP) is 0.754. The lowest BCUT2D eigenvalue weighted by molar-refractivity contribution is -0.150. The minimum Gasteiger partial charge on any atom is -0.467 e. The quantitative estimate of drug-likeness (QED) is 0.825. The van der Waals surface area contributed by atoms with Gasteiger partial charge < -0.3 is 14.7 Å². The number of aryl methyl sites for hydroxylation is 1. The van der Waals surface area contributed by atoms with Gasteiger partial charge in [0, 0.05) is 19.4 Å². The van der Waals surface area contributed by atoms with E-state index >= 15 is 0 Å². The molecule has 1 aliphatic rings. The lowest BCUT2D eigenvalue weighted by Gasteiger charge is -2.22. The number of aliphatic hydroxyl groups excluding tert-OH is 1. The topological polar surface area (TPSA) is 66.8 Å². The van der Waals surface area contributed by atoms with Crippen molar-refractivity contribution in [1.82, 2.24) is 4.90 Å². The smallest absolute Gasteiger partial charge is 0.328 e. The Balaban J connectivity index is 1.95. The standard InChI is InChI=1S/C15H19NO4/c1-20-15(19)13-9-12(17)10-16(13)14(18)8-7-11-5-3-2-4-6-11/h2-6,12-13,17H,7-10H2,1H3. The van der Waals surface area contributed by atoms with Gasteiger partial charge in [0.05, 0.1) is 13.2 Å². The molecule has 1 aromatic rings. The summed E-state index contributed by atoms with van der Waals surface area (Å²) in [5.74, 6) is -0.588. The normalized spacial score (nSPS) is 21.8. The van der Waals surface area contributed by atoms with Crippen molar-refractivity contribution in [2.24, 2.45) is 0 Å². The van der Waals surface area contributed by atoms with Crippen molar-refractivity contribution >= 4 is 11.9 Å². The second kappa shape index (κ2) is 6.52. The molecule has 2 unspecified atom stereocenters. The van der Waals surface area contributed by atoms with Gasteiger partial charge in [-0.15, -0.1) is 0 Å². The molecule has 2 atom stereocenters. The summed E-state index contributed by atoms with van der Waals surface area (Å²) < 4.78 is 4.68. The summed E-state index contributed by atoms with van der Waals surface area (Å²) in [6.45, 7) is 0.202. The third kappa shape index (κ3) is 3.36. The molecule has 0 radical (unpaired) electrons. The van der Waals surface area contributed by atoms with Gasteiger partial charge in [0.2, 0.25) is 5.91 Å². The van der Waals surface area contributed by atoms with Crippen molar-refractivity contribution in [3.05, 3.63) is 35.9 Å². The molecule has 1 aromatic carbocycles. The molecule has 0 saturated carbocycles. The van der Waals surface area contributed by atoms with E-state index in [0.29, 0.717) is 12.8 Å². The Morgan fingerprint density at radius 3 is 2.70 bits per heavy atom. The number of benzene rings is 1. The minimum absolute atomic E-state index is 0.124. The predicted molar refractivity (Wildman–Crippen MR) is 72.9 cm³/mol. The number of esters is 1. The summed E-state index contributed by atoms with van der Waals surface area (Å²) in [4.78, 5) is 25.3. The molecular formula is C15H19NO4. The van der Waals surface area contributed by atoms with Crippen LogP contribution in [0.3, 0.4) is 0 Å². The van der Waals surface area contributed by atoms with Gasteiger partial charge in [-0.3, -0.25) is 4.79 Å². The van der Waals surface area contributed by atoms with Crippen LogP contribution in [0, 0.1) is 0 Å². The average Bonchev–Trinajstić information content (AvgIpc) is 2.87. The highest BCUT2D eigenvalue weighted by atomic mass is 16.5. The first-order valence-electron chi connectivity index (χ1n) is 6.71. The Hall–Kier alpha value is -1.88. The number of carbonyl (C=O) groups excluding carboxylic acids is 2. The molecule has 20 heavy (non-hydrogen) atoms. The van der Waals surface area contributed by atoms with Gasteiger partial charge in [-0.1, -0.05) is 30.3 Å². The van der Waals surface area contributed by atoms with Crippen molar-refractivity contribution in [2.75, 3.05) is 13.7 Å². The summed E-state index contributed by atoms with van der Waals surface area (Å²) in [5.41, 5.74) is 1.08. The molecule has 1 saturated heterocycles. The molecule has 2 rings (SSSR count). The molecule has 0 bridgehead atoms. The zero-order chi connectivity index (χ0) is 14.5. The number of likely N-dealkylation sites (tertiary alicyclic amines) is 1. The maximum Gasteiger partial charge on any atom is 0.328 e. The SMILES string of the molecule is COC(=O)C1CC(O)CN1C(=O)CCc1ccccc1. The molecule has 0 aliphatic carbocycles. The summed E-state index contributed by atoms with van der Waals surface area (Å²) >= 11 is 0. The number of hydrogen-bond acceptors (Lipinski definition) is 4. The first-order chi connectivity index (χ1) is 9.61. The highest BCUT2D eigenvalue weighted by molar-refractivity contribution is 5.85. The van der Waals surface area contributed by atoms with Gasteiger partial charge >= 0.3 is 5.97 Å². The number of carbonyl (C=O) groups is 2. The number of β-amino-alcohol motifs (C(OH)–C–C–N with tert-alkyl or cyclic N) is 1. The summed E-state index contributed by atoms with van der Waals surface area (Å²) in [7, 11) is 1.29. The van der Waals surface area contributed by atoms with Crippen molar-refractivity contribution < 1.29 is 19.4 Å². The molecular weight excluding hydrogens is 258 g/mol. The van der Waals surface area contributed by atoms with Crippen LogP contribution in [0.5, 0.6) is 0 Å². The highest BCUT2D eigenvalue weighted by Gasteiger charge is 2.39. The van der Waals surface area contributed by atoms with Crippen LogP contribution in [0.1, 0.15) is 18.4 Å². The van der Waals surface area contributed by atoms with E-state index in [1.807, 2.05) is 30.3 Å². The molecule has 1 fully saturated rings.